The molecule has 7 heteroatoms. The highest BCUT2D eigenvalue weighted by Crippen LogP contribution is 2.31. The maximum atomic E-state index is 6.53. The van der Waals surface area contributed by atoms with Gasteiger partial charge in [-0.05, 0) is 56.2 Å². The Balaban J connectivity index is 1.72. The summed E-state index contributed by atoms with van der Waals surface area (Å²) in [4.78, 5) is 13.7. The zero-order chi connectivity index (χ0) is 19.7. The quantitative estimate of drug-likeness (QED) is 0.277. The summed E-state index contributed by atoms with van der Waals surface area (Å²) in [6.07, 6.45) is 6.59. The second kappa shape index (κ2) is 8.05. The van der Waals surface area contributed by atoms with Crippen LogP contribution in [0.4, 0.5) is 11.5 Å². The molecule has 0 aliphatic heterocycles. The average molecular weight is 504 g/mol. The number of hydrogen-bond acceptors (Lipinski definition) is 4. The Morgan fingerprint density at radius 1 is 1.11 bits per heavy atom. The summed E-state index contributed by atoms with van der Waals surface area (Å²) in [6, 6.07) is 10.0. The van der Waals surface area contributed by atoms with Crippen LogP contribution in [0.3, 0.4) is 0 Å². The molecule has 5 nitrogen and oxygen atoms in total. The molecule has 0 saturated carbocycles. The number of aromatic nitrogens is 4. The van der Waals surface area contributed by atoms with Crippen LogP contribution in [0.1, 0.15) is 17.0 Å². The lowest BCUT2D eigenvalue weighted by Gasteiger charge is -2.09. The normalized spacial score (nSPS) is 11.1. The standard InChI is InChI=1S/C21H19ClIN5/c1-13-6-8-28-18(5-7-23)20(27-19(28)9-13)15-10-17(22)21(25-11-15)26-16-4-3-14(2)24-12-16/h3-4,6,8-12H,5,7H2,1-2H3,(H,25,26). The fourth-order valence-corrected chi connectivity index (χ4v) is 3.82. The molecule has 0 amide bonds. The third kappa shape index (κ3) is 3.84. The molecule has 0 aromatic carbocycles. The number of imidazole rings is 1. The molecule has 0 fully saturated rings. The molecular formula is C21H19ClIN5. The van der Waals surface area contributed by atoms with Gasteiger partial charge in [-0.25, -0.2) is 9.97 Å². The molecule has 4 heterocycles. The van der Waals surface area contributed by atoms with Crippen LogP contribution in [0, 0.1) is 13.8 Å². The molecular weight excluding hydrogens is 485 g/mol. The van der Waals surface area contributed by atoms with E-state index in [2.05, 4.69) is 67.5 Å². The number of hydrogen-bond donors (Lipinski definition) is 1. The van der Waals surface area contributed by atoms with E-state index >= 15 is 0 Å². The number of nitrogens with zero attached hydrogens (tertiary/aromatic N) is 4. The van der Waals surface area contributed by atoms with Gasteiger partial charge in [0.15, 0.2) is 0 Å². The molecule has 4 aromatic heterocycles. The van der Waals surface area contributed by atoms with Crippen LogP contribution >= 0.6 is 34.2 Å². The molecule has 0 radical (unpaired) electrons. The molecule has 28 heavy (non-hydrogen) atoms. The van der Waals surface area contributed by atoms with Crippen LogP contribution in [-0.4, -0.2) is 23.8 Å². The van der Waals surface area contributed by atoms with Crippen molar-refractivity contribution < 1.29 is 0 Å². The number of alkyl halides is 1. The number of rotatable bonds is 5. The second-order valence-electron chi connectivity index (χ2n) is 6.65. The van der Waals surface area contributed by atoms with Gasteiger partial charge in [0.2, 0.25) is 0 Å². The van der Waals surface area contributed by atoms with E-state index in [9.17, 15) is 0 Å². The van der Waals surface area contributed by atoms with Gasteiger partial charge in [0, 0.05) is 28.1 Å². The van der Waals surface area contributed by atoms with Crippen LogP contribution in [-0.2, 0) is 6.42 Å². The van der Waals surface area contributed by atoms with Crippen LogP contribution in [0.5, 0.6) is 0 Å². The van der Waals surface area contributed by atoms with Gasteiger partial charge in [0.05, 0.1) is 28.3 Å². The van der Waals surface area contributed by atoms with Gasteiger partial charge in [0.1, 0.15) is 11.5 Å². The first-order valence-corrected chi connectivity index (χ1v) is 10.8. The first-order chi connectivity index (χ1) is 13.5. The van der Waals surface area contributed by atoms with Gasteiger partial charge < -0.3 is 9.72 Å². The van der Waals surface area contributed by atoms with E-state index in [1.807, 2.05) is 31.3 Å². The maximum Gasteiger partial charge on any atom is 0.149 e. The number of fused-ring (bicyclic) bond motifs is 1. The van der Waals surface area contributed by atoms with E-state index in [1.54, 1.807) is 6.20 Å². The minimum Gasteiger partial charge on any atom is -0.338 e. The Labute approximate surface area is 182 Å². The van der Waals surface area contributed by atoms with Crippen molar-refractivity contribution in [1.29, 1.82) is 0 Å². The number of halogens is 2. The Hall–Kier alpha value is -2.19. The van der Waals surface area contributed by atoms with Crippen molar-refractivity contribution in [2.24, 2.45) is 0 Å². The Bertz CT molecular complexity index is 1140. The molecule has 0 aliphatic rings. The summed E-state index contributed by atoms with van der Waals surface area (Å²) >= 11 is 8.92. The van der Waals surface area contributed by atoms with Crippen molar-refractivity contribution in [3.63, 3.8) is 0 Å². The highest BCUT2D eigenvalue weighted by molar-refractivity contribution is 14.1. The predicted octanol–water partition coefficient (Wildman–Crippen LogP) is 5.78. The molecule has 1 N–H and O–H groups in total. The number of aryl methyl sites for hydroxylation is 3. The number of pyridine rings is 3. The summed E-state index contributed by atoms with van der Waals surface area (Å²) in [5.41, 5.74) is 6.96. The summed E-state index contributed by atoms with van der Waals surface area (Å²) in [5, 5.41) is 3.77. The zero-order valence-corrected chi connectivity index (χ0v) is 18.5. The molecule has 0 saturated heterocycles. The van der Waals surface area contributed by atoms with Gasteiger partial charge in [-0.3, -0.25) is 4.98 Å². The van der Waals surface area contributed by atoms with Crippen LogP contribution < -0.4 is 5.32 Å². The molecule has 4 rings (SSSR count). The van der Waals surface area contributed by atoms with E-state index in [4.69, 9.17) is 16.6 Å². The van der Waals surface area contributed by atoms with Crippen LogP contribution in [0.25, 0.3) is 16.9 Å². The smallest absolute Gasteiger partial charge is 0.149 e. The van der Waals surface area contributed by atoms with Crippen LogP contribution in [0.2, 0.25) is 5.02 Å². The summed E-state index contributed by atoms with van der Waals surface area (Å²) in [6.45, 7) is 4.03. The van der Waals surface area contributed by atoms with E-state index in [0.29, 0.717) is 10.8 Å². The summed E-state index contributed by atoms with van der Waals surface area (Å²) < 4.78 is 3.16. The third-order valence-corrected chi connectivity index (χ3v) is 5.33. The molecule has 0 bridgehead atoms. The van der Waals surface area contributed by atoms with Crippen molar-refractivity contribution in [1.82, 2.24) is 19.4 Å². The highest BCUT2D eigenvalue weighted by Gasteiger charge is 2.15. The second-order valence-corrected chi connectivity index (χ2v) is 8.13. The average Bonchev–Trinajstić information content (AvgIpc) is 3.03. The fraction of sp³-hybridized carbons (Fsp3) is 0.190. The van der Waals surface area contributed by atoms with Crippen molar-refractivity contribution in [3.8, 4) is 11.3 Å². The third-order valence-electron chi connectivity index (χ3n) is 4.50. The van der Waals surface area contributed by atoms with Gasteiger partial charge in [-0.15, -0.1) is 0 Å². The van der Waals surface area contributed by atoms with Gasteiger partial charge in [-0.2, -0.15) is 0 Å². The fourth-order valence-electron chi connectivity index (χ4n) is 3.09. The minimum absolute atomic E-state index is 0.548. The lowest BCUT2D eigenvalue weighted by molar-refractivity contribution is 1.01. The minimum atomic E-state index is 0.548. The highest BCUT2D eigenvalue weighted by atomic mass is 127. The van der Waals surface area contributed by atoms with Crippen molar-refractivity contribution in [3.05, 3.63) is 70.9 Å². The lowest BCUT2D eigenvalue weighted by atomic mass is 10.1. The number of anilines is 2. The monoisotopic (exact) mass is 503 g/mol. The Morgan fingerprint density at radius 2 is 1.96 bits per heavy atom. The van der Waals surface area contributed by atoms with E-state index in [-0.39, 0.29) is 0 Å². The van der Waals surface area contributed by atoms with E-state index in [0.717, 1.165) is 39.1 Å². The summed E-state index contributed by atoms with van der Waals surface area (Å²) in [5.74, 6) is 0.603. The summed E-state index contributed by atoms with van der Waals surface area (Å²) in [7, 11) is 0. The van der Waals surface area contributed by atoms with E-state index in [1.165, 1.54) is 11.3 Å². The first kappa shape index (κ1) is 19.1. The Kier molecular flexibility index (Phi) is 5.50. The molecule has 0 unspecified atom stereocenters. The topological polar surface area (TPSA) is 55.1 Å². The Morgan fingerprint density at radius 3 is 2.68 bits per heavy atom. The predicted molar refractivity (Wildman–Crippen MR) is 123 cm³/mol. The lowest BCUT2D eigenvalue weighted by Crippen LogP contribution is -1.98. The van der Waals surface area contributed by atoms with E-state index < -0.39 is 0 Å². The molecule has 142 valence electrons. The van der Waals surface area contributed by atoms with Crippen LogP contribution in [0.15, 0.2) is 48.9 Å². The first-order valence-electron chi connectivity index (χ1n) is 8.94. The SMILES string of the molecule is Cc1ccn2c(CCI)c(-c3cnc(Nc4ccc(C)nc4)c(Cl)c3)nc2c1. The van der Waals surface area contributed by atoms with Crippen molar-refractivity contribution in [2.45, 2.75) is 20.3 Å². The van der Waals surface area contributed by atoms with Crippen molar-refractivity contribution in [2.75, 3.05) is 9.74 Å². The largest absolute Gasteiger partial charge is 0.338 e. The molecule has 0 atom stereocenters. The zero-order valence-electron chi connectivity index (χ0n) is 15.6. The number of nitrogens with one attached hydrogen (secondary N) is 1. The molecule has 0 spiro atoms. The van der Waals surface area contributed by atoms with Crippen molar-refractivity contribution >= 4 is 51.3 Å². The molecule has 0 aliphatic carbocycles. The van der Waals surface area contributed by atoms with Gasteiger partial charge in [-0.1, -0.05) is 34.2 Å². The van der Waals surface area contributed by atoms with Gasteiger partial charge >= 0.3 is 0 Å². The molecule has 4 aromatic rings. The van der Waals surface area contributed by atoms with Gasteiger partial charge in [0.25, 0.3) is 0 Å². The maximum absolute atomic E-state index is 6.53.